The Morgan fingerprint density at radius 1 is 1.41 bits per heavy atom. The summed E-state index contributed by atoms with van der Waals surface area (Å²) in [4.78, 5) is 14.9. The number of aromatic amines is 1. The van der Waals surface area contributed by atoms with E-state index in [-0.39, 0.29) is 5.91 Å². The molecule has 0 radical (unpaired) electrons. The van der Waals surface area contributed by atoms with Crippen molar-refractivity contribution in [1.82, 2.24) is 10.1 Å². The molecule has 0 bridgehead atoms. The Morgan fingerprint density at radius 3 is 2.71 bits per heavy atom. The van der Waals surface area contributed by atoms with E-state index >= 15 is 0 Å². The number of aryl methyl sites for hydroxylation is 3. The predicted molar refractivity (Wildman–Crippen MR) is 63.8 cm³/mol. The third-order valence-electron chi connectivity index (χ3n) is 2.50. The lowest BCUT2D eigenvalue weighted by atomic mass is 10.1. The van der Waals surface area contributed by atoms with Crippen molar-refractivity contribution >= 4 is 11.7 Å². The van der Waals surface area contributed by atoms with Crippen LogP contribution in [0.5, 0.6) is 0 Å². The smallest absolute Gasteiger partial charge is 0.230 e. The largest absolute Gasteiger partial charge is 0.362 e. The molecular formula is C12H15N3O2. The van der Waals surface area contributed by atoms with Crippen LogP contribution in [-0.2, 0) is 11.2 Å². The molecule has 2 heterocycles. The lowest BCUT2D eigenvalue weighted by Crippen LogP contribution is -2.14. The summed E-state index contributed by atoms with van der Waals surface area (Å²) in [6, 6.07) is 3.66. The summed E-state index contributed by atoms with van der Waals surface area (Å²) in [5.74, 6) is 1.03. The van der Waals surface area contributed by atoms with E-state index in [1.807, 2.05) is 19.9 Å². The zero-order valence-corrected chi connectivity index (χ0v) is 10.1. The molecule has 0 atom stereocenters. The molecule has 5 heteroatoms. The Bertz CT molecular complexity index is 540. The fourth-order valence-electron chi connectivity index (χ4n) is 1.75. The quantitative estimate of drug-likeness (QED) is 0.852. The van der Waals surface area contributed by atoms with Gasteiger partial charge in [-0.3, -0.25) is 4.79 Å². The number of carbonyl (C=O) groups is 1. The van der Waals surface area contributed by atoms with E-state index < -0.39 is 0 Å². The first kappa shape index (κ1) is 11.4. The highest BCUT2D eigenvalue weighted by Gasteiger charge is 2.10. The Labute approximate surface area is 99.2 Å². The number of nitrogens with one attached hydrogen (secondary N) is 2. The van der Waals surface area contributed by atoms with Gasteiger partial charge in [-0.05, 0) is 32.4 Å². The van der Waals surface area contributed by atoms with Crippen LogP contribution in [-0.4, -0.2) is 16.0 Å². The zero-order valence-electron chi connectivity index (χ0n) is 10.1. The lowest BCUT2D eigenvalue weighted by molar-refractivity contribution is -0.115. The molecule has 2 aromatic heterocycles. The van der Waals surface area contributed by atoms with E-state index in [1.165, 1.54) is 0 Å². The van der Waals surface area contributed by atoms with Crippen LogP contribution in [0.4, 0.5) is 5.82 Å². The minimum Gasteiger partial charge on any atom is -0.362 e. The fourth-order valence-corrected chi connectivity index (χ4v) is 1.75. The monoisotopic (exact) mass is 233 g/mol. The average Bonchev–Trinajstić information content (AvgIpc) is 2.74. The number of carbonyl (C=O) groups excluding carboxylic acids is 1. The minimum atomic E-state index is -0.0969. The van der Waals surface area contributed by atoms with Crippen molar-refractivity contribution in [2.75, 3.05) is 5.32 Å². The number of rotatable bonds is 3. The van der Waals surface area contributed by atoms with Crippen LogP contribution in [0.1, 0.15) is 22.7 Å². The molecule has 17 heavy (non-hydrogen) atoms. The summed E-state index contributed by atoms with van der Waals surface area (Å²) in [5, 5.41) is 6.40. The number of nitrogens with zero attached hydrogens (tertiary/aromatic N) is 1. The van der Waals surface area contributed by atoms with Crippen molar-refractivity contribution in [2.24, 2.45) is 0 Å². The van der Waals surface area contributed by atoms with Gasteiger partial charge in [0.2, 0.25) is 5.91 Å². The van der Waals surface area contributed by atoms with Crippen molar-refractivity contribution in [3.63, 3.8) is 0 Å². The topological polar surface area (TPSA) is 70.9 Å². The zero-order chi connectivity index (χ0) is 12.4. The highest BCUT2D eigenvalue weighted by atomic mass is 16.5. The maximum Gasteiger partial charge on any atom is 0.230 e. The second-order valence-corrected chi connectivity index (χ2v) is 4.15. The van der Waals surface area contributed by atoms with E-state index in [4.69, 9.17) is 4.52 Å². The second-order valence-electron chi connectivity index (χ2n) is 4.15. The number of hydrogen-bond acceptors (Lipinski definition) is 3. The van der Waals surface area contributed by atoms with Gasteiger partial charge in [0.1, 0.15) is 5.76 Å². The third-order valence-corrected chi connectivity index (χ3v) is 2.50. The molecule has 0 spiro atoms. The Kier molecular flexibility index (Phi) is 2.99. The highest BCUT2D eigenvalue weighted by molar-refractivity contribution is 5.91. The van der Waals surface area contributed by atoms with Crippen molar-refractivity contribution < 1.29 is 9.32 Å². The van der Waals surface area contributed by atoms with Crippen LogP contribution in [0.3, 0.4) is 0 Å². The first-order valence-corrected chi connectivity index (χ1v) is 5.43. The van der Waals surface area contributed by atoms with Crippen molar-refractivity contribution in [1.29, 1.82) is 0 Å². The van der Waals surface area contributed by atoms with Crippen LogP contribution >= 0.6 is 0 Å². The molecule has 90 valence electrons. The molecule has 0 unspecified atom stereocenters. The summed E-state index contributed by atoms with van der Waals surface area (Å²) >= 11 is 0. The Hall–Kier alpha value is -2.04. The molecule has 0 aliphatic rings. The number of amides is 1. The molecule has 2 aromatic rings. The number of H-pyrrole nitrogens is 1. The average molecular weight is 233 g/mol. The van der Waals surface area contributed by atoms with Gasteiger partial charge in [0.15, 0.2) is 5.82 Å². The van der Waals surface area contributed by atoms with Crippen LogP contribution in [0.25, 0.3) is 0 Å². The molecule has 0 fully saturated rings. The molecule has 5 nitrogen and oxygen atoms in total. The summed E-state index contributed by atoms with van der Waals surface area (Å²) in [6.45, 7) is 5.70. The van der Waals surface area contributed by atoms with E-state index in [0.29, 0.717) is 18.0 Å². The van der Waals surface area contributed by atoms with Gasteiger partial charge in [-0.2, -0.15) is 0 Å². The molecule has 2 rings (SSSR count). The summed E-state index contributed by atoms with van der Waals surface area (Å²) in [7, 11) is 0. The molecule has 0 aromatic carbocycles. The van der Waals surface area contributed by atoms with Gasteiger partial charge in [0.25, 0.3) is 0 Å². The molecule has 0 saturated heterocycles. The minimum absolute atomic E-state index is 0.0969. The van der Waals surface area contributed by atoms with Crippen LogP contribution in [0.2, 0.25) is 0 Å². The SMILES string of the molecule is Cc1cc(CC(=O)Nc2cc(C)on2)c(C)[nH]1. The first-order chi connectivity index (χ1) is 8.04. The van der Waals surface area contributed by atoms with Gasteiger partial charge in [-0.1, -0.05) is 5.16 Å². The van der Waals surface area contributed by atoms with Crippen molar-refractivity contribution in [3.05, 3.63) is 34.8 Å². The van der Waals surface area contributed by atoms with E-state index in [1.54, 1.807) is 13.0 Å². The number of hydrogen-bond donors (Lipinski definition) is 2. The highest BCUT2D eigenvalue weighted by Crippen LogP contribution is 2.12. The first-order valence-electron chi connectivity index (χ1n) is 5.43. The normalized spacial score (nSPS) is 10.5. The third kappa shape index (κ3) is 2.75. The maximum absolute atomic E-state index is 11.7. The number of anilines is 1. The van der Waals surface area contributed by atoms with Gasteiger partial charge in [0, 0.05) is 17.5 Å². The van der Waals surface area contributed by atoms with E-state index in [2.05, 4.69) is 15.5 Å². The Morgan fingerprint density at radius 2 is 2.18 bits per heavy atom. The van der Waals surface area contributed by atoms with Crippen molar-refractivity contribution in [2.45, 2.75) is 27.2 Å². The standard InChI is InChI=1S/C12H15N3O2/c1-7-4-10(9(3)13-7)6-12(16)14-11-5-8(2)17-15-11/h4-5,13H,6H2,1-3H3,(H,14,15,16). The van der Waals surface area contributed by atoms with Gasteiger partial charge in [-0.15, -0.1) is 0 Å². The predicted octanol–water partition coefficient (Wildman–Crippen LogP) is 2.11. The van der Waals surface area contributed by atoms with Crippen LogP contribution in [0.15, 0.2) is 16.7 Å². The molecule has 2 N–H and O–H groups in total. The summed E-state index contributed by atoms with van der Waals surface area (Å²) < 4.78 is 4.87. The molecular weight excluding hydrogens is 218 g/mol. The second kappa shape index (κ2) is 4.45. The van der Waals surface area contributed by atoms with Gasteiger partial charge < -0.3 is 14.8 Å². The molecule has 0 aliphatic heterocycles. The van der Waals surface area contributed by atoms with Gasteiger partial charge in [-0.25, -0.2) is 0 Å². The Balaban J connectivity index is 2.00. The number of aromatic nitrogens is 2. The van der Waals surface area contributed by atoms with E-state index in [9.17, 15) is 4.79 Å². The fraction of sp³-hybridized carbons (Fsp3) is 0.333. The molecule has 0 saturated carbocycles. The molecule has 0 aliphatic carbocycles. The van der Waals surface area contributed by atoms with Crippen molar-refractivity contribution in [3.8, 4) is 0 Å². The lowest BCUT2D eigenvalue weighted by Gasteiger charge is -2.00. The van der Waals surface area contributed by atoms with E-state index in [0.717, 1.165) is 17.0 Å². The molecule has 1 amide bonds. The van der Waals surface area contributed by atoms with Crippen LogP contribution < -0.4 is 5.32 Å². The summed E-state index contributed by atoms with van der Waals surface area (Å²) in [5.41, 5.74) is 3.08. The summed E-state index contributed by atoms with van der Waals surface area (Å²) in [6.07, 6.45) is 0.335. The van der Waals surface area contributed by atoms with Crippen LogP contribution in [0, 0.1) is 20.8 Å². The van der Waals surface area contributed by atoms with Gasteiger partial charge >= 0.3 is 0 Å². The maximum atomic E-state index is 11.7. The van der Waals surface area contributed by atoms with Gasteiger partial charge in [0.05, 0.1) is 6.42 Å².